The van der Waals surface area contributed by atoms with E-state index in [1.54, 1.807) is 5.32 Å². The van der Waals surface area contributed by atoms with Gasteiger partial charge in [0, 0.05) is 0 Å². The lowest BCUT2D eigenvalue weighted by molar-refractivity contribution is -0.160. The van der Waals surface area contributed by atoms with Crippen molar-refractivity contribution in [3.63, 3.8) is 0 Å². The number of ether oxygens (including phenoxy) is 1. The summed E-state index contributed by atoms with van der Waals surface area (Å²) in [6.07, 6.45) is -11.4. The Hall–Kier alpha value is -1.12. The van der Waals surface area contributed by atoms with E-state index in [1.807, 2.05) is 0 Å². The zero-order valence-corrected chi connectivity index (χ0v) is 7.22. The molecule has 1 unspecified atom stereocenters. The second-order valence-corrected chi connectivity index (χ2v) is 2.47. The molecule has 0 spiro atoms. The van der Waals surface area contributed by atoms with Gasteiger partial charge < -0.3 is 15.2 Å². The third-order valence-electron chi connectivity index (χ3n) is 1.11. The molecule has 0 bridgehead atoms. The summed E-state index contributed by atoms with van der Waals surface area (Å²) in [5.74, 6) is 0. The Morgan fingerprint density at radius 2 is 1.93 bits per heavy atom. The summed E-state index contributed by atoms with van der Waals surface area (Å²) in [5, 5.41) is 10.0. The van der Waals surface area contributed by atoms with E-state index in [9.17, 15) is 26.7 Å². The van der Waals surface area contributed by atoms with Crippen molar-refractivity contribution in [1.82, 2.24) is 5.32 Å². The third-order valence-corrected chi connectivity index (χ3v) is 1.11. The Balaban J connectivity index is 3.67. The van der Waals surface area contributed by atoms with Crippen molar-refractivity contribution in [1.29, 1.82) is 0 Å². The molecule has 0 fully saturated rings. The first kappa shape index (κ1) is 13.9. The fourth-order valence-corrected chi connectivity index (χ4v) is 0.475. The molecular formula is C6H8F5NO3. The molecule has 0 aromatic heterocycles. The normalized spacial score (nSPS) is 13.8. The van der Waals surface area contributed by atoms with Crippen LogP contribution in [0.2, 0.25) is 0 Å². The van der Waals surface area contributed by atoms with Crippen LogP contribution in [0.5, 0.6) is 0 Å². The van der Waals surface area contributed by atoms with Gasteiger partial charge in [-0.15, -0.1) is 0 Å². The highest BCUT2D eigenvalue weighted by Gasteiger charge is 2.29. The first-order valence-electron chi connectivity index (χ1n) is 3.66. The molecule has 0 aromatic rings. The van der Waals surface area contributed by atoms with Crippen molar-refractivity contribution < 1.29 is 36.6 Å². The Kier molecular flexibility index (Phi) is 5.26. The number of carbonyl (C=O) groups excluding carboxylic acids is 1. The molecular weight excluding hydrogens is 229 g/mol. The minimum atomic E-state index is -4.68. The van der Waals surface area contributed by atoms with Gasteiger partial charge in [0.15, 0.2) is 6.61 Å². The van der Waals surface area contributed by atoms with Crippen molar-refractivity contribution in [2.45, 2.75) is 18.7 Å². The van der Waals surface area contributed by atoms with Gasteiger partial charge in [0.05, 0.1) is 6.54 Å². The number of aliphatic hydroxyl groups is 1. The molecule has 90 valence electrons. The van der Waals surface area contributed by atoms with Crippen LogP contribution in [0, 0.1) is 0 Å². The number of hydrogen-bond donors (Lipinski definition) is 2. The van der Waals surface area contributed by atoms with Crippen LogP contribution in [0.1, 0.15) is 0 Å². The molecule has 0 aliphatic heterocycles. The number of aliphatic hydroxyl groups excluding tert-OH is 1. The van der Waals surface area contributed by atoms with Gasteiger partial charge in [-0.3, -0.25) is 0 Å². The predicted molar refractivity (Wildman–Crippen MR) is 37.4 cm³/mol. The van der Waals surface area contributed by atoms with E-state index >= 15 is 0 Å². The van der Waals surface area contributed by atoms with Gasteiger partial charge in [0.1, 0.15) is 6.10 Å². The molecule has 0 radical (unpaired) electrons. The molecule has 9 heteroatoms. The van der Waals surface area contributed by atoms with E-state index in [0.29, 0.717) is 0 Å². The van der Waals surface area contributed by atoms with E-state index in [4.69, 9.17) is 5.11 Å². The Labute approximate surface area is 81.0 Å². The topological polar surface area (TPSA) is 58.6 Å². The molecule has 0 aromatic carbocycles. The number of rotatable bonds is 4. The van der Waals surface area contributed by atoms with Gasteiger partial charge in [-0.2, -0.15) is 13.2 Å². The lowest BCUT2D eigenvalue weighted by Gasteiger charge is -2.11. The number of alkyl halides is 5. The lowest BCUT2D eigenvalue weighted by atomic mass is 10.4. The monoisotopic (exact) mass is 237 g/mol. The molecule has 4 nitrogen and oxygen atoms in total. The van der Waals surface area contributed by atoms with Crippen LogP contribution in [0.25, 0.3) is 0 Å². The second-order valence-electron chi connectivity index (χ2n) is 2.47. The highest BCUT2D eigenvalue weighted by atomic mass is 19.4. The Bertz CT molecular complexity index is 207. The zero-order valence-electron chi connectivity index (χ0n) is 7.22. The van der Waals surface area contributed by atoms with Crippen LogP contribution in [0.15, 0.2) is 0 Å². The SMILES string of the molecule is O=C(NCC(O)C(F)F)OCC(F)(F)F. The number of alkyl carbamates (subject to hydrolysis) is 1. The van der Waals surface area contributed by atoms with E-state index < -0.39 is 38.0 Å². The summed E-state index contributed by atoms with van der Waals surface area (Å²) in [7, 11) is 0. The summed E-state index contributed by atoms with van der Waals surface area (Å²) in [4.78, 5) is 10.4. The van der Waals surface area contributed by atoms with Gasteiger partial charge in [0.25, 0.3) is 6.43 Å². The number of nitrogens with one attached hydrogen (secondary N) is 1. The minimum absolute atomic E-state index is 0.881. The second kappa shape index (κ2) is 5.69. The van der Waals surface area contributed by atoms with E-state index in [-0.39, 0.29) is 0 Å². The van der Waals surface area contributed by atoms with Crippen LogP contribution in [-0.4, -0.2) is 43.1 Å². The number of amides is 1. The van der Waals surface area contributed by atoms with Crippen LogP contribution in [0.3, 0.4) is 0 Å². The molecule has 0 heterocycles. The number of hydrogen-bond acceptors (Lipinski definition) is 3. The van der Waals surface area contributed by atoms with Gasteiger partial charge in [0.2, 0.25) is 0 Å². The molecule has 0 rings (SSSR count). The molecule has 1 atom stereocenters. The van der Waals surface area contributed by atoms with Crippen LogP contribution >= 0.6 is 0 Å². The minimum Gasteiger partial charge on any atom is -0.440 e. The Morgan fingerprint density at radius 1 is 1.40 bits per heavy atom. The summed E-state index contributed by atoms with van der Waals surface area (Å²) < 4.78 is 61.3. The van der Waals surface area contributed by atoms with Gasteiger partial charge in [-0.05, 0) is 0 Å². The summed E-state index contributed by atoms with van der Waals surface area (Å²) >= 11 is 0. The highest BCUT2D eigenvalue weighted by Crippen LogP contribution is 2.14. The smallest absolute Gasteiger partial charge is 0.422 e. The molecule has 15 heavy (non-hydrogen) atoms. The summed E-state index contributed by atoms with van der Waals surface area (Å²) in [6.45, 7) is -2.70. The molecule has 0 aliphatic carbocycles. The highest BCUT2D eigenvalue weighted by molar-refractivity contribution is 5.67. The summed E-state index contributed by atoms with van der Waals surface area (Å²) in [5.41, 5.74) is 0. The van der Waals surface area contributed by atoms with E-state index in [1.165, 1.54) is 0 Å². The third kappa shape index (κ3) is 7.91. The van der Waals surface area contributed by atoms with Gasteiger partial charge in [-0.25, -0.2) is 13.6 Å². The van der Waals surface area contributed by atoms with Gasteiger partial charge in [-0.1, -0.05) is 0 Å². The average Bonchev–Trinajstić information content (AvgIpc) is 2.09. The van der Waals surface area contributed by atoms with Crippen molar-refractivity contribution >= 4 is 6.09 Å². The first-order chi connectivity index (χ1) is 6.72. The van der Waals surface area contributed by atoms with Crippen LogP contribution in [-0.2, 0) is 4.74 Å². The van der Waals surface area contributed by atoms with Crippen molar-refractivity contribution in [3.05, 3.63) is 0 Å². The quantitative estimate of drug-likeness (QED) is 0.714. The average molecular weight is 237 g/mol. The summed E-state index contributed by atoms with van der Waals surface area (Å²) in [6, 6.07) is 0. The maximum Gasteiger partial charge on any atom is 0.422 e. The fraction of sp³-hybridized carbons (Fsp3) is 0.833. The lowest BCUT2D eigenvalue weighted by Crippen LogP contribution is -2.37. The number of carbonyl (C=O) groups is 1. The molecule has 2 N–H and O–H groups in total. The maximum absolute atomic E-state index is 11.6. The molecule has 1 amide bonds. The fourth-order valence-electron chi connectivity index (χ4n) is 0.475. The standard InChI is InChI=1S/C6H8F5NO3/c7-4(8)3(13)1-12-5(14)15-2-6(9,10)11/h3-4,13H,1-2H2,(H,12,14). The molecule has 0 saturated carbocycles. The molecule has 0 aliphatic rings. The number of halogens is 5. The largest absolute Gasteiger partial charge is 0.440 e. The zero-order chi connectivity index (χ0) is 12.1. The van der Waals surface area contributed by atoms with Crippen molar-refractivity contribution in [2.24, 2.45) is 0 Å². The first-order valence-corrected chi connectivity index (χ1v) is 3.66. The van der Waals surface area contributed by atoms with Crippen LogP contribution < -0.4 is 5.32 Å². The molecule has 0 saturated heterocycles. The van der Waals surface area contributed by atoms with Crippen molar-refractivity contribution in [3.8, 4) is 0 Å². The Morgan fingerprint density at radius 3 is 2.33 bits per heavy atom. The van der Waals surface area contributed by atoms with Crippen molar-refractivity contribution in [2.75, 3.05) is 13.2 Å². The predicted octanol–water partition coefficient (Wildman–Crippen LogP) is 0.901. The van der Waals surface area contributed by atoms with E-state index in [2.05, 4.69) is 4.74 Å². The van der Waals surface area contributed by atoms with E-state index in [0.717, 1.165) is 0 Å². The maximum atomic E-state index is 11.6. The van der Waals surface area contributed by atoms with Gasteiger partial charge >= 0.3 is 12.3 Å². The van der Waals surface area contributed by atoms with Crippen LogP contribution in [0.4, 0.5) is 26.7 Å².